The zero-order chi connectivity index (χ0) is 19.2. The summed E-state index contributed by atoms with van der Waals surface area (Å²) in [6.07, 6.45) is 13.3. The van der Waals surface area contributed by atoms with Crippen molar-refractivity contribution in [3.05, 3.63) is 11.6 Å². The molecule has 27 heavy (non-hydrogen) atoms. The molecule has 0 radical (unpaired) electrons. The fourth-order valence-electron chi connectivity index (χ4n) is 7.21. The Morgan fingerprint density at radius 3 is 2.56 bits per heavy atom. The van der Waals surface area contributed by atoms with Crippen LogP contribution in [0.4, 0.5) is 0 Å². The van der Waals surface area contributed by atoms with Crippen LogP contribution in [0.5, 0.6) is 0 Å². The molecule has 0 aromatic heterocycles. The van der Waals surface area contributed by atoms with Crippen LogP contribution in [0.1, 0.15) is 71.6 Å². The molecule has 4 aliphatic carbocycles. The largest absolute Gasteiger partial charge is 0.374 e. The summed E-state index contributed by atoms with van der Waals surface area (Å²) in [5, 5.41) is 0. The summed E-state index contributed by atoms with van der Waals surface area (Å²) in [5.74, 6) is 2.78. The van der Waals surface area contributed by atoms with E-state index in [9.17, 15) is 4.79 Å². The van der Waals surface area contributed by atoms with Gasteiger partial charge in [-0.25, -0.2) is 0 Å². The number of carbonyl (C=O) groups excluding carboxylic acids is 1. The van der Waals surface area contributed by atoms with Crippen molar-refractivity contribution in [2.75, 3.05) is 27.2 Å². The van der Waals surface area contributed by atoms with Gasteiger partial charge < -0.3 is 9.64 Å². The van der Waals surface area contributed by atoms with Crippen molar-refractivity contribution < 1.29 is 9.53 Å². The van der Waals surface area contributed by atoms with Gasteiger partial charge in [0.25, 0.3) is 0 Å². The first-order valence-electron chi connectivity index (χ1n) is 11.4. The Hall–Kier alpha value is -0.670. The van der Waals surface area contributed by atoms with Gasteiger partial charge in [0.15, 0.2) is 0 Å². The van der Waals surface area contributed by atoms with Gasteiger partial charge in [-0.3, -0.25) is 4.79 Å². The summed E-state index contributed by atoms with van der Waals surface area (Å²) in [4.78, 5) is 14.8. The van der Waals surface area contributed by atoms with E-state index in [1.54, 1.807) is 5.57 Å². The minimum absolute atomic E-state index is 0.00545. The molecule has 0 saturated heterocycles. The predicted molar refractivity (Wildman–Crippen MR) is 110 cm³/mol. The molecule has 3 saturated carbocycles. The number of fused-ring (bicyclic) bond motifs is 5. The molecule has 4 aliphatic rings. The highest BCUT2D eigenvalue weighted by Crippen LogP contribution is 2.64. The third-order valence-electron chi connectivity index (χ3n) is 8.86. The molecule has 3 heteroatoms. The number of hydrogen-bond acceptors (Lipinski definition) is 3. The number of ether oxygens (including phenoxy) is 1. The number of carbonyl (C=O) groups is 1. The molecule has 0 aromatic carbocycles. The van der Waals surface area contributed by atoms with Crippen LogP contribution in [0.25, 0.3) is 0 Å². The Labute approximate surface area is 165 Å². The Morgan fingerprint density at radius 2 is 1.78 bits per heavy atom. The molecular weight excluding hydrogens is 334 g/mol. The van der Waals surface area contributed by atoms with Crippen molar-refractivity contribution in [3.8, 4) is 0 Å². The molecule has 152 valence electrons. The van der Waals surface area contributed by atoms with Crippen molar-refractivity contribution in [1.82, 2.24) is 4.90 Å². The topological polar surface area (TPSA) is 29.5 Å². The number of rotatable bonds is 5. The minimum atomic E-state index is 0.00545. The van der Waals surface area contributed by atoms with Crippen molar-refractivity contribution >= 4 is 5.78 Å². The molecule has 0 aliphatic heterocycles. The van der Waals surface area contributed by atoms with Gasteiger partial charge >= 0.3 is 0 Å². The first-order valence-corrected chi connectivity index (χ1v) is 11.4. The molecular formula is C24H39NO2. The van der Waals surface area contributed by atoms with Gasteiger partial charge in [-0.15, -0.1) is 0 Å². The smallest absolute Gasteiger partial charge is 0.139 e. The first kappa shape index (κ1) is 19.6. The van der Waals surface area contributed by atoms with Crippen LogP contribution in [0.15, 0.2) is 11.6 Å². The molecule has 0 aromatic rings. The molecule has 0 N–H and O–H groups in total. The molecule has 0 heterocycles. The van der Waals surface area contributed by atoms with E-state index in [1.165, 1.54) is 32.1 Å². The number of allylic oxidation sites excluding steroid dienone is 1. The highest BCUT2D eigenvalue weighted by atomic mass is 16.5. The van der Waals surface area contributed by atoms with E-state index < -0.39 is 0 Å². The maximum Gasteiger partial charge on any atom is 0.139 e. The number of nitrogens with zero attached hydrogens (tertiary/aromatic N) is 1. The number of Topliss-reactive ketones (excluding diaryl/α,β-unsaturated/α-hetero) is 1. The Kier molecular flexibility index (Phi) is 5.31. The fourth-order valence-corrected chi connectivity index (χ4v) is 7.21. The van der Waals surface area contributed by atoms with E-state index in [0.29, 0.717) is 23.2 Å². The van der Waals surface area contributed by atoms with Crippen molar-refractivity contribution in [3.63, 3.8) is 0 Å². The van der Waals surface area contributed by atoms with Crippen LogP contribution in [0, 0.1) is 28.6 Å². The van der Waals surface area contributed by atoms with E-state index in [2.05, 4.69) is 38.9 Å². The third-order valence-corrected chi connectivity index (χ3v) is 8.86. The van der Waals surface area contributed by atoms with Crippen LogP contribution in [0.3, 0.4) is 0 Å². The summed E-state index contributed by atoms with van der Waals surface area (Å²) >= 11 is 0. The lowest BCUT2D eigenvalue weighted by Crippen LogP contribution is -2.50. The van der Waals surface area contributed by atoms with Gasteiger partial charge in [-0.1, -0.05) is 25.5 Å². The summed E-state index contributed by atoms with van der Waals surface area (Å²) < 4.78 is 6.22. The highest BCUT2D eigenvalue weighted by Gasteiger charge is 2.58. The van der Waals surface area contributed by atoms with E-state index in [-0.39, 0.29) is 5.41 Å². The summed E-state index contributed by atoms with van der Waals surface area (Å²) in [5.41, 5.74) is 2.05. The van der Waals surface area contributed by atoms with Gasteiger partial charge in [0.05, 0.1) is 6.10 Å². The van der Waals surface area contributed by atoms with E-state index >= 15 is 0 Å². The van der Waals surface area contributed by atoms with Gasteiger partial charge in [0, 0.05) is 18.4 Å². The monoisotopic (exact) mass is 373 g/mol. The molecule has 4 rings (SSSR count). The molecule has 3 unspecified atom stereocenters. The minimum Gasteiger partial charge on any atom is -0.374 e. The summed E-state index contributed by atoms with van der Waals surface area (Å²) in [6, 6.07) is 0. The van der Waals surface area contributed by atoms with Gasteiger partial charge in [0.2, 0.25) is 0 Å². The Bertz CT molecular complexity index is 612. The average Bonchev–Trinajstić information content (AvgIpc) is 2.94. The summed E-state index contributed by atoms with van der Waals surface area (Å²) in [6.45, 7) is 6.80. The zero-order valence-electron chi connectivity index (χ0n) is 17.9. The second-order valence-electron chi connectivity index (χ2n) is 10.5. The van der Waals surface area contributed by atoms with Crippen molar-refractivity contribution in [2.24, 2.45) is 28.6 Å². The van der Waals surface area contributed by atoms with E-state index in [1.807, 2.05) is 0 Å². The molecule has 3 fully saturated rings. The first-order chi connectivity index (χ1) is 12.8. The van der Waals surface area contributed by atoms with E-state index in [0.717, 1.165) is 50.7 Å². The number of ketones is 1. The molecule has 3 nitrogen and oxygen atoms in total. The second-order valence-corrected chi connectivity index (χ2v) is 10.5. The lowest BCUT2D eigenvalue weighted by molar-refractivity contribution is -0.132. The van der Waals surface area contributed by atoms with E-state index in [4.69, 9.17) is 4.74 Å². The lowest BCUT2D eigenvalue weighted by Gasteiger charge is -2.57. The number of hydrogen-bond donors (Lipinski definition) is 0. The third kappa shape index (κ3) is 3.33. The average molecular weight is 374 g/mol. The Balaban J connectivity index is 1.44. The van der Waals surface area contributed by atoms with Crippen LogP contribution < -0.4 is 0 Å². The van der Waals surface area contributed by atoms with Gasteiger partial charge in [0.1, 0.15) is 5.78 Å². The standard InChI is InChI=1S/C24H39NO2/c1-23-12-10-18(27-15-5-14-25(3)4)16-17(23)6-7-19-20-8-9-22(26)24(20,2)13-11-21(19)23/h16,18-21H,5-15H2,1-4H3/t18-,19?,20?,21?,23-,24-/m0/s1. The van der Waals surface area contributed by atoms with Crippen molar-refractivity contribution in [2.45, 2.75) is 77.7 Å². The van der Waals surface area contributed by atoms with Crippen molar-refractivity contribution in [1.29, 1.82) is 0 Å². The molecule has 0 bridgehead atoms. The predicted octanol–water partition coefficient (Wildman–Crippen LogP) is 4.86. The van der Waals surface area contributed by atoms with Crippen LogP contribution in [-0.2, 0) is 9.53 Å². The molecule has 0 spiro atoms. The van der Waals surface area contributed by atoms with Crippen LogP contribution in [-0.4, -0.2) is 44.0 Å². The van der Waals surface area contributed by atoms with Crippen LogP contribution >= 0.6 is 0 Å². The fraction of sp³-hybridized carbons (Fsp3) is 0.875. The summed E-state index contributed by atoms with van der Waals surface area (Å²) in [7, 11) is 4.25. The van der Waals surface area contributed by atoms with Gasteiger partial charge in [-0.2, -0.15) is 0 Å². The zero-order valence-corrected chi connectivity index (χ0v) is 17.9. The maximum atomic E-state index is 12.5. The molecule has 0 amide bonds. The maximum absolute atomic E-state index is 12.5. The Morgan fingerprint density at radius 1 is 1.04 bits per heavy atom. The highest BCUT2D eigenvalue weighted by molar-refractivity contribution is 5.87. The lowest BCUT2D eigenvalue weighted by atomic mass is 9.47. The SMILES string of the molecule is CN(C)CCCO[C@@H]1C=C2CCC3C(CC[C@]4(C)C(=O)CCC34)[C@@]2(C)CC1. The van der Waals surface area contributed by atoms with Crippen LogP contribution in [0.2, 0.25) is 0 Å². The normalized spacial score (nSPS) is 43.9. The van der Waals surface area contributed by atoms with Gasteiger partial charge in [-0.05, 0) is 95.2 Å². The quantitative estimate of drug-likeness (QED) is 0.509. The molecule has 6 atom stereocenters. The second kappa shape index (κ2) is 7.30.